The van der Waals surface area contributed by atoms with Gasteiger partial charge >= 0.3 is 5.97 Å². The first-order chi connectivity index (χ1) is 9.29. The van der Waals surface area contributed by atoms with Gasteiger partial charge in [-0.1, -0.05) is 0 Å². The summed E-state index contributed by atoms with van der Waals surface area (Å²) in [4.78, 5) is 16.0. The van der Waals surface area contributed by atoms with Crippen LogP contribution in [0.25, 0.3) is 10.9 Å². The molecule has 0 fully saturated rings. The summed E-state index contributed by atoms with van der Waals surface area (Å²) in [7, 11) is 0. The van der Waals surface area contributed by atoms with E-state index in [1.807, 2.05) is 25.1 Å². The molecule has 3 rings (SSSR count). The number of rotatable bonds is 2. The molecule has 98 valence electrons. The number of cyclic esters (lactones) is 1. The molecular formula is C14H13NO4. The molecule has 0 spiro atoms. The highest BCUT2D eigenvalue weighted by Crippen LogP contribution is 2.32. The van der Waals surface area contributed by atoms with Crippen LogP contribution in [0.2, 0.25) is 0 Å². The topological polar surface area (TPSA) is 57.6 Å². The molecule has 0 saturated carbocycles. The van der Waals surface area contributed by atoms with Crippen molar-refractivity contribution >= 4 is 16.9 Å². The Morgan fingerprint density at radius 1 is 1.32 bits per heavy atom. The number of fused-ring (bicyclic) bond motifs is 3. The van der Waals surface area contributed by atoms with Crippen molar-refractivity contribution in [2.45, 2.75) is 6.92 Å². The number of aromatic nitrogens is 1. The van der Waals surface area contributed by atoms with Crippen molar-refractivity contribution in [1.29, 1.82) is 0 Å². The summed E-state index contributed by atoms with van der Waals surface area (Å²) in [5.74, 6) is 0.851. The average molecular weight is 259 g/mol. The largest absolute Gasteiger partial charge is 0.494 e. The molecule has 0 N–H and O–H groups in total. The minimum atomic E-state index is -0.399. The zero-order chi connectivity index (χ0) is 13.2. The van der Waals surface area contributed by atoms with Crippen LogP contribution in [-0.2, 0) is 4.74 Å². The number of hydrogen-bond acceptors (Lipinski definition) is 5. The lowest BCUT2D eigenvalue weighted by atomic mass is 10.1. The van der Waals surface area contributed by atoms with Crippen LogP contribution >= 0.6 is 0 Å². The van der Waals surface area contributed by atoms with Crippen molar-refractivity contribution in [1.82, 2.24) is 4.98 Å². The Hall–Kier alpha value is -2.30. The Balaban J connectivity index is 2.21. The number of esters is 1. The highest BCUT2D eigenvalue weighted by atomic mass is 16.6. The second-order valence-corrected chi connectivity index (χ2v) is 4.10. The van der Waals surface area contributed by atoms with Crippen LogP contribution in [0.3, 0.4) is 0 Å². The second-order valence-electron chi connectivity index (χ2n) is 4.10. The van der Waals surface area contributed by atoms with Gasteiger partial charge in [-0.25, -0.2) is 4.79 Å². The van der Waals surface area contributed by atoms with Gasteiger partial charge in [-0.05, 0) is 25.1 Å². The van der Waals surface area contributed by atoms with Gasteiger partial charge < -0.3 is 14.2 Å². The molecule has 0 atom stereocenters. The zero-order valence-electron chi connectivity index (χ0n) is 10.5. The van der Waals surface area contributed by atoms with E-state index >= 15 is 0 Å². The lowest BCUT2D eigenvalue weighted by Gasteiger charge is -2.10. The molecule has 1 aliphatic rings. The minimum Gasteiger partial charge on any atom is -0.494 e. The molecule has 5 heteroatoms. The highest BCUT2D eigenvalue weighted by molar-refractivity contribution is 6.00. The van der Waals surface area contributed by atoms with Gasteiger partial charge in [0.05, 0.1) is 12.1 Å². The molecule has 1 aromatic heterocycles. The third kappa shape index (κ3) is 2.07. The standard InChI is InChI=1S/C14H13NO4/c1-2-17-9-3-4-12-10(7-9)13-11(8-15-12)14(16)19-6-5-18-13/h3-4,7-8H,2,5-6H2,1H3. The van der Waals surface area contributed by atoms with E-state index in [-0.39, 0.29) is 6.61 Å². The van der Waals surface area contributed by atoms with Crippen LogP contribution in [0.1, 0.15) is 17.3 Å². The molecule has 0 bridgehead atoms. The van der Waals surface area contributed by atoms with Crippen molar-refractivity contribution in [3.05, 3.63) is 30.0 Å². The molecular weight excluding hydrogens is 246 g/mol. The third-order valence-electron chi connectivity index (χ3n) is 2.88. The van der Waals surface area contributed by atoms with E-state index in [1.54, 1.807) is 0 Å². The second kappa shape index (κ2) is 4.76. The third-order valence-corrected chi connectivity index (χ3v) is 2.88. The quantitative estimate of drug-likeness (QED) is 0.774. The molecule has 2 aromatic rings. The molecule has 5 nitrogen and oxygen atoms in total. The fourth-order valence-electron chi connectivity index (χ4n) is 2.06. The number of carbonyl (C=O) groups is 1. The van der Waals surface area contributed by atoms with Crippen LogP contribution in [-0.4, -0.2) is 30.8 Å². The SMILES string of the molecule is CCOc1ccc2ncc3c(c2c1)OCCOC3=O. The summed E-state index contributed by atoms with van der Waals surface area (Å²) >= 11 is 0. The van der Waals surface area contributed by atoms with Gasteiger partial charge in [-0.2, -0.15) is 0 Å². The van der Waals surface area contributed by atoms with Gasteiger partial charge in [-0.15, -0.1) is 0 Å². The summed E-state index contributed by atoms with van der Waals surface area (Å²) in [5.41, 5.74) is 1.12. The summed E-state index contributed by atoms with van der Waals surface area (Å²) < 4.78 is 16.1. The Morgan fingerprint density at radius 2 is 2.16 bits per heavy atom. The smallest absolute Gasteiger partial charge is 0.343 e. The van der Waals surface area contributed by atoms with E-state index in [0.29, 0.717) is 24.5 Å². The Bertz CT molecular complexity index is 639. The monoisotopic (exact) mass is 259 g/mol. The van der Waals surface area contributed by atoms with Crippen molar-refractivity contribution in [3.63, 3.8) is 0 Å². The average Bonchev–Trinajstić information content (AvgIpc) is 2.61. The number of benzene rings is 1. The number of pyridine rings is 1. The minimum absolute atomic E-state index is 0.250. The van der Waals surface area contributed by atoms with Gasteiger partial charge in [-0.3, -0.25) is 4.98 Å². The summed E-state index contributed by atoms with van der Waals surface area (Å²) in [6, 6.07) is 5.53. The fourth-order valence-corrected chi connectivity index (χ4v) is 2.06. The molecule has 19 heavy (non-hydrogen) atoms. The number of hydrogen-bond donors (Lipinski definition) is 0. The summed E-state index contributed by atoms with van der Waals surface area (Å²) in [6.07, 6.45) is 1.49. The van der Waals surface area contributed by atoms with E-state index in [1.165, 1.54) is 6.20 Å². The first kappa shape index (κ1) is 11.8. The zero-order valence-corrected chi connectivity index (χ0v) is 10.5. The molecule has 2 heterocycles. The van der Waals surface area contributed by atoms with Gasteiger partial charge in [0.15, 0.2) is 0 Å². The van der Waals surface area contributed by atoms with E-state index in [0.717, 1.165) is 16.7 Å². The first-order valence-corrected chi connectivity index (χ1v) is 6.15. The Kier molecular flexibility index (Phi) is 2.95. The van der Waals surface area contributed by atoms with Crippen molar-refractivity contribution in [3.8, 4) is 11.5 Å². The molecule has 0 radical (unpaired) electrons. The fraction of sp³-hybridized carbons (Fsp3) is 0.286. The molecule has 0 amide bonds. The van der Waals surface area contributed by atoms with Crippen LogP contribution in [0.4, 0.5) is 0 Å². The first-order valence-electron chi connectivity index (χ1n) is 6.15. The van der Waals surface area contributed by atoms with E-state index in [9.17, 15) is 4.79 Å². The maximum Gasteiger partial charge on any atom is 0.343 e. The molecule has 1 aliphatic heterocycles. The molecule has 0 saturated heterocycles. The van der Waals surface area contributed by atoms with Crippen LogP contribution in [0.5, 0.6) is 11.5 Å². The Morgan fingerprint density at radius 3 is 3.00 bits per heavy atom. The molecule has 0 aliphatic carbocycles. The normalized spacial score (nSPS) is 14.3. The highest BCUT2D eigenvalue weighted by Gasteiger charge is 2.21. The van der Waals surface area contributed by atoms with Gasteiger partial charge in [0.1, 0.15) is 30.3 Å². The van der Waals surface area contributed by atoms with Crippen LogP contribution in [0.15, 0.2) is 24.4 Å². The van der Waals surface area contributed by atoms with E-state index < -0.39 is 5.97 Å². The molecule has 0 unspecified atom stereocenters. The Labute approximate surface area is 110 Å². The van der Waals surface area contributed by atoms with E-state index in [2.05, 4.69) is 4.98 Å². The van der Waals surface area contributed by atoms with Crippen LogP contribution in [0, 0.1) is 0 Å². The molecule has 1 aromatic carbocycles. The lowest BCUT2D eigenvalue weighted by Crippen LogP contribution is -2.05. The van der Waals surface area contributed by atoms with Crippen molar-refractivity contribution < 1.29 is 19.0 Å². The number of nitrogens with zero attached hydrogens (tertiary/aromatic N) is 1. The van der Waals surface area contributed by atoms with Crippen LogP contribution < -0.4 is 9.47 Å². The van der Waals surface area contributed by atoms with Gasteiger partial charge in [0, 0.05) is 11.6 Å². The maximum absolute atomic E-state index is 11.8. The van der Waals surface area contributed by atoms with Crippen molar-refractivity contribution in [2.24, 2.45) is 0 Å². The predicted molar refractivity (Wildman–Crippen MR) is 68.7 cm³/mol. The summed E-state index contributed by atoms with van der Waals surface area (Å²) in [5, 5.41) is 0.766. The maximum atomic E-state index is 11.8. The van der Waals surface area contributed by atoms with E-state index in [4.69, 9.17) is 14.2 Å². The number of carbonyl (C=O) groups excluding carboxylic acids is 1. The lowest BCUT2D eigenvalue weighted by molar-refractivity contribution is 0.0492. The number of ether oxygens (including phenoxy) is 3. The predicted octanol–water partition coefficient (Wildman–Crippen LogP) is 2.18. The van der Waals surface area contributed by atoms with Gasteiger partial charge in [0.25, 0.3) is 0 Å². The van der Waals surface area contributed by atoms with Gasteiger partial charge in [0.2, 0.25) is 0 Å². The van der Waals surface area contributed by atoms with Crippen molar-refractivity contribution in [2.75, 3.05) is 19.8 Å². The summed E-state index contributed by atoms with van der Waals surface area (Å²) in [6.45, 7) is 3.09.